The molecule has 2 nitrogen and oxygen atoms in total. The van der Waals surface area contributed by atoms with Crippen LogP contribution in [-0.2, 0) is 4.79 Å². The fourth-order valence-electron chi connectivity index (χ4n) is 5.38. The number of piperidine rings is 1. The van der Waals surface area contributed by atoms with Crippen molar-refractivity contribution in [1.29, 1.82) is 0 Å². The van der Waals surface area contributed by atoms with Crippen LogP contribution in [0, 0.1) is 5.41 Å². The number of Topliss-reactive ketones (excluding diaryl/α,β-unsaturated/α-hetero) is 1. The lowest BCUT2D eigenvalue weighted by molar-refractivity contribution is -0.124. The van der Waals surface area contributed by atoms with Crippen molar-refractivity contribution in [2.45, 2.75) is 108 Å². The minimum Gasteiger partial charge on any atom is -0.305 e. The van der Waals surface area contributed by atoms with Gasteiger partial charge in [-0.3, -0.25) is 4.79 Å². The molecule has 3 fully saturated rings. The summed E-state index contributed by atoms with van der Waals surface area (Å²) >= 11 is 0. The second kappa shape index (κ2) is 7.47. The number of hydrogen-bond acceptors (Lipinski definition) is 2. The molecule has 0 aromatic rings. The zero-order chi connectivity index (χ0) is 15.3. The molecule has 0 aromatic carbocycles. The highest BCUT2D eigenvalue weighted by molar-refractivity contribution is 5.91. The highest BCUT2D eigenvalue weighted by Crippen LogP contribution is 2.51. The van der Waals surface area contributed by atoms with Gasteiger partial charge < -0.3 is 5.32 Å². The fraction of sp³-hybridized carbons (Fsp3) is 0.950. The molecule has 1 aliphatic heterocycles. The zero-order valence-electron chi connectivity index (χ0n) is 14.4. The lowest BCUT2D eigenvalue weighted by Crippen LogP contribution is -2.52. The van der Waals surface area contributed by atoms with Gasteiger partial charge in [-0.1, -0.05) is 57.8 Å². The Morgan fingerprint density at radius 1 is 0.682 bits per heavy atom. The number of carbonyl (C=O) groups is 1. The first-order valence-corrected chi connectivity index (χ1v) is 10.0. The predicted molar refractivity (Wildman–Crippen MR) is 92.0 cm³/mol. The third-order valence-corrected chi connectivity index (χ3v) is 6.65. The van der Waals surface area contributed by atoms with Gasteiger partial charge in [0.25, 0.3) is 0 Å². The van der Waals surface area contributed by atoms with Crippen molar-refractivity contribution in [3.8, 4) is 0 Å². The van der Waals surface area contributed by atoms with Crippen LogP contribution in [0.5, 0.6) is 0 Å². The number of hydrogen-bond donors (Lipinski definition) is 1. The molecule has 126 valence electrons. The molecule has 0 aromatic heterocycles. The van der Waals surface area contributed by atoms with Crippen molar-refractivity contribution in [1.82, 2.24) is 5.32 Å². The first-order chi connectivity index (χ1) is 10.7. The Morgan fingerprint density at radius 2 is 1.23 bits per heavy atom. The average molecular weight is 306 g/mol. The summed E-state index contributed by atoms with van der Waals surface area (Å²) in [6.45, 7) is 1.06. The molecule has 1 N–H and O–H groups in total. The summed E-state index contributed by atoms with van der Waals surface area (Å²) in [5.41, 5.74) is 0.232. The first kappa shape index (κ1) is 16.5. The molecule has 0 bridgehead atoms. The predicted octanol–water partition coefficient (Wildman–Crippen LogP) is 5.15. The lowest BCUT2D eigenvalue weighted by Gasteiger charge is -2.36. The normalized spacial score (nSPS) is 34.5. The van der Waals surface area contributed by atoms with Gasteiger partial charge in [-0.25, -0.2) is 0 Å². The molecule has 1 heterocycles. The second-order valence-corrected chi connectivity index (χ2v) is 8.42. The Morgan fingerprint density at radius 3 is 1.77 bits per heavy atom. The van der Waals surface area contributed by atoms with Crippen LogP contribution in [0.25, 0.3) is 0 Å². The van der Waals surface area contributed by atoms with Crippen LogP contribution in [0.3, 0.4) is 0 Å². The van der Waals surface area contributed by atoms with Crippen molar-refractivity contribution in [2.75, 3.05) is 6.54 Å². The fourth-order valence-corrected chi connectivity index (χ4v) is 5.38. The molecule has 0 radical (unpaired) electrons. The van der Waals surface area contributed by atoms with E-state index in [1.165, 1.54) is 83.5 Å². The third-order valence-electron chi connectivity index (χ3n) is 6.65. The van der Waals surface area contributed by atoms with E-state index >= 15 is 0 Å². The highest BCUT2D eigenvalue weighted by Gasteiger charge is 2.53. The molecule has 1 atom stereocenters. The van der Waals surface area contributed by atoms with Crippen LogP contribution in [-0.4, -0.2) is 17.9 Å². The van der Waals surface area contributed by atoms with Crippen LogP contribution in [0.2, 0.25) is 0 Å². The summed E-state index contributed by atoms with van der Waals surface area (Å²) < 4.78 is 0. The Kier molecular flexibility index (Phi) is 5.60. The van der Waals surface area contributed by atoms with Crippen molar-refractivity contribution >= 4 is 5.78 Å². The monoisotopic (exact) mass is 305 g/mol. The van der Waals surface area contributed by atoms with E-state index in [-0.39, 0.29) is 5.54 Å². The van der Waals surface area contributed by atoms with E-state index in [9.17, 15) is 4.79 Å². The standard InChI is InChI=1S/C20H35NO/c22-18-16-19(17-20(18)14-10-11-15-21-20)12-8-6-4-2-1-3-5-7-9-13-19/h21H,1-17H2. The average Bonchev–Trinajstić information content (AvgIpc) is 2.77. The molecular weight excluding hydrogens is 270 g/mol. The van der Waals surface area contributed by atoms with E-state index < -0.39 is 0 Å². The van der Waals surface area contributed by atoms with Crippen molar-refractivity contribution in [3.63, 3.8) is 0 Å². The quantitative estimate of drug-likeness (QED) is 0.670. The Hall–Kier alpha value is -0.370. The lowest BCUT2D eigenvalue weighted by atomic mass is 9.73. The zero-order valence-corrected chi connectivity index (χ0v) is 14.4. The molecule has 2 aliphatic carbocycles. The van der Waals surface area contributed by atoms with Gasteiger partial charge in [0.15, 0.2) is 5.78 Å². The molecule has 3 aliphatic rings. The summed E-state index contributed by atoms with van der Waals surface area (Å²) in [7, 11) is 0. The van der Waals surface area contributed by atoms with Crippen LogP contribution in [0.15, 0.2) is 0 Å². The smallest absolute Gasteiger partial charge is 0.153 e. The minimum absolute atomic E-state index is 0.116. The van der Waals surface area contributed by atoms with Crippen LogP contribution >= 0.6 is 0 Å². The molecule has 2 spiro atoms. The highest BCUT2D eigenvalue weighted by atomic mass is 16.1. The van der Waals surface area contributed by atoms with Gasteiger partial charge >= 0.3 is 0 Å². The van der Waals surface area contributed by atoms with Gasteiger partial charge in [0.2, 0.25) is 0 Å². The van der Waals surface area contributed by atoms with Gasteiger partial charge in [-0.2, -0.15) is 0 Å². The van der Waals surface area contributed by atoms with Crippen LogP contribution in [0.1, 0.15) is 103 Å². The van der Waals surface area contributed by atoms with E-state index in [2.05, 4.69) is 5.32 Å². The summed E-state index contributed by atoms with van der Waals surface area (Å²) in [4.78, 5) is 12.8. The molecule has 0 amide bonds. The summed E-state index contributed by atoms with van der Waals surface area (Å²) in [5.74, 6) is 0.555. The van der Waals surface area contributed by atoms with E-state index in [1.807, 2.05) is 0 Å². The molecule has 22 heavy (non-hydrogen) atoms. The summed E-state index contributed by atoms with van der Waals surface area (Å²) in [5, 5.41) is 3.65. The van der Waals surface area contributed by atoms with Crippen LogP contribution < -0.4 is 5.32 Å². The number of nitrogens with one attached hydrogen (secondary N) is 1. The van der Waals surface area contributed by atoms with E-state index in [0.717, 1.165) is 25.8 Å². The maximum atomic E-state index is 12.8. The number of carbonyl (C=O) groups excluding carboxylic acids is 1. The maximum absolute atomic E-state index is 12.8. The van der Waals surface area contributed by atoms with Crippen LogP contribution in [0.4, 0.5) is 0 Å². The molecular formula is C20H35NO. The third kappa shape index (κ3) is 3.75. The Labute approximate surface area is 136 Å². The Bertz CT molecular complexity index is 358. The largest absolute Gasteiger partial charge is 0.305 e. The van der Waals surface area contributed by atoms with Gasteiger partial charge in [0.05, 0.1) is 5.54 Å². The van der Waals surface area contributed by atoms with Crippen molar-refractivity contribution in [3.05, 3.63) is 0 Å². The molecule has 2 heteroatoms. The second-order valence-electron chi connectivity index (χ2n) is 8.42. The minimum atomic E-state index is -0.116. The van der Waals surface area contributed by atoms with Gasteiger partial charge in [-0.15, -0.1) is 0 Å². The van der Waals surface area contributed by atoms with Gasteiger partial charge in [-0.05, 0) is 50.5 Å². The maximum Gasteiger partial charge on any atom is 0.153 e. The Balaban J connectivity index is 1.66. The van der Waals surface area contributed by atoms with Gasteiger partial charge in [0.1, 0.15) is 0 Å². The number of ketones is 1. The SMILES string of the molecule is O=C1CC2(CCCCCCCCCCC2)CC12CCCCN2. The summed E-state index contributed by atoms with van der Waals surface area (Å²) in [6, 6.07) is 0. The van der Waals surface area contributed by atoms with Crippen molar-refractivity contribution in [2.24, 2.45) is 5.41 Å². The molecule has 1 unspecified atom stereocenters. The van der Waals surface area contributed by atoms with Crippen molar-refractivity contribution < 1.29 is 4.79 Å². The van der Waals surface area contributed by atoms with E-state index in [1.54, 1.807) is 0 Å². The topological polar surface area (TPSA) is 29.1 Å². The van der Waals surface area contributed by atoms with E-state index in [4.69, 9.17) is 0 Å². The first-order valence-electron chi connectivity index (χ1n) is 10.0. The van der Waals surface area contributed by atoms with Gasteiger partial charge in [0, 0.05) is 6.42 Å². The number of rotatable bonds is 0. The summed E-state index contributed by atoms with van der Waals surface area (Å²) in [6.07, 6.45) is 20.8. The molecule has 3 rings (SSSR count). The van der Waals surface area contributed by atoms with E-state index in [0.29, 0.717) is 11.2 Å². The molecule has 1 saturated heterocycles. The molecule has 2 saturated carbocycles.